The summed E-state index contributed by atoms with van der Waals surface area (Å²) in [4.78, 5) is 4.64. The third-order valence-electron chi connectivity index (χ3n) is 4.62. The minimum Gasteiger partial charge on any atom is -0.493 e. The molecule has 3 aromatic rings. The third-order valence-corrected chi connectivity index (χ3v) is 4.62. The Labute approximate surface area is 205 Å². The molecule has 2 N–H and O–H groups in total. The minimum absolute atomic E-state index is 0. The van der Waals surface area contributed by atoms with Crippen LogP contribution in [-0.2, 0) is 13.0 Å². The van der Waals surface area contributed by atoms with Crippen molar-refractivity contribution in [1.82, 2.24) is 20.4 Å². The first kappa shape index (κ1) is 25.4. The van der Waals surface area contributed by atoms with Crippen molar-refractivity contribution < 1.29 is 13.9 Å². The molecule has 0 aliphatic rings. The maximum Gasteiger partial charge on any atom is 0.191 e. The fraction of sp³-hybridized carbons (Fsp3) is 0.304. The van der Waals surface area contributed by atoms with E-state index in [1.54, 1.807) is 31.0 Å². The molecule has 0 bridgehead atoms. The van der Waals surface area contributed by atoms with Crippen molar-refractivity contribution in [1.29, 1.82) is 0 Å². The molecule has 0 saturated heterocycles. The molecule has 0 amide bonds. The van der Waals surface area contributed by atoms with Gasteiger partial charge in [0.1, 0.15) is 5.82 Å². The maximum atomic E-state index is 13.1. The number of methoxy groups -OCH3 is 2. The number of benzene rings is 2. The van der Waals surface area contributed by atoms with Crippen LogP contribution in [-0.4, -0.2) is 43.0 Å². The second-order valence-corrected chi connectivity index (χ2v) is 6.79. The lowest BCUT2D eigenvalue weighted by Crippen LogP contribution is -2.38. The molecule has 0 radical (unpaired) electrons. The van der Waals surface area contributed by atoms with Crippen molar-refractivity contribution in [2.45, 2.75) is 19.9 Å². The summed E-state index contributed by atoms with van der Waals surface area (Å²) < 4.78 is 25.5. The number of rotatable bonds is 9. The van der Waals surface area contributed by atoms with Gasteiger partial charge in [0.2, 0.25) is 0 Å². The van der Waals surface area contributed by atoms with E-state index in [0.29, 0.717) is 24.6 Å². The first-order valence-electron chi connectivity index (χ1n) is 10.2. The van der Waals surface area contributed by atoms with Crippen molar-refractivity contribution in [3.05, 3.63) is 71.8 Å². The van der Waals surface area contributed by atoms with E-state index in [9.17, 15) is 4.39 Å². The monoisotopic (exact) mass is 553 g/mol. The molecule has 0 aliphatic carbocycles. The Kier molecular flexibility index (Phi) is 10.3. The van der Waals surface area contributed by atoms with Crippen LogP contribution in [0.1, 0.15) is 18.2 Å². The van der Waals surface area contributed by atoms with Gasteiger partial charge in [0.15, 0.2) is 17.5 Å². The van der Waals surface area contributed by atoms with Crippen LogP contribution in [0.4, 0.5) is 4.39 Å². The number of hydrogen-bond acceptors (Lipinski definition) is 4. The van der Waals surface area contributed by atoms with Crippen molar-refractivity contribution in [3.8, 4) is 17.2 Å². The maximum absolute atomic E-state index is 13.1. The zero-order chi connectivity index (χ0) is 22.1. The molecule has 0 saturated carbocycles. The molecule has 0 fully saturated rings. The van der Waals surface area contributed by atoms with Crippen molar-refractivity contribution in [2.75, 3.05) is 27.3 Å². The molecule has 9 heteroatoms. The Morgan fingerprint density at radius 3 is 2.47 bits per heavy atom. The van der Waals surface area contributed by atoms with E-state index in [-0.39, 0.29) is 29.8 Å². The summed E-state index contributed by atoms with van der Waals surface area (Å²) in [6, 6.07) is 14.0. The van der Waals surface area contributed by atoms with Crippen LogP contribution in [0.25, 0.3) is 5.69 Å². The highest BCUT2D eigenvalue weighted by atomic mass is 127. The van der Waals surface area contributed by atoms with Crippen LogP contribution in [0.3, 0.4) is 0 Å². The highest BCUT2D eigenvalue weighted by Gasteiger charge is 2.06. The van der Waals surface area contributed by atoms with Gasteiger partial charge in [-0.3, -0.25) is 0 Å². The number of aliphatic imine (C=N–C) groups is 1. The van der Waals surface area contributed by atoms with Gasteiger partial charge in [0, 0.05) is 25.7 Å². The molecule has 32 heavy (non-hydrogen) atoms. The second kappa shape index (κ2) is 12.9. The summed E-state index contributed by atoms with van der Waals surface area (Å²) >= 11 is 0. The molecule has 2 aromatic carbocycles. The van der Waals surface area contributed by atoms with Crippen LogP contribution >= 0.6 is 24.0 Å². The van der Waals surface area contributed by atoms with Gasteiger partial charge in [-0.15, -0.1) is 24.0 Å². The van der Waals surface area contributed by atoms with E-state index in [2.05, 4.69) is 20.7 Å². The lowest BCUT2D eigenvalue weighted by Gasteiger charge is -2.12. The van der Waals surface area contributed by atoms with E-state index in [4.69, 9.17) is 9.47 Å². The molecule has 3 rings (SSSR count). The molecule has 1 aromatic heterocycles. The van der Waals surface area contributed by atoms with Crippen LogP contribution in [0, 0.1) is 5.82 Å². The van der Waals surface area contributed by atoms with Crippen molar-refractivity contribution in [2.24, 2.45) is 4.99 Å². The summed E-state index contributed by atoms with van der Waals surface area (Å²) in [5.41, 5.74) is 2.78. The summed E-state index contributed by atoms with van der Waals surface area (Å²) in [6.07, 6.45) is 2.61. The summed E-state index contributed by atoms with van der Waals surface area (Å²) in [5, 5.41) is 11.1. The SMILES string of the molecule is CCNC(=NCc1ccc(OC)c(OC)c1)NCCc1ccn(-c2ccc(F)cc2)n1.I. The van der Waals surface area contributed by atoms with Crippen LogP contribution in [0.15, 0.2) is 59.7 Å². The van der Waals surface area contributed by atoms with E-state index >= 15 is 0 Å². The fourth-order valence-electron chi connectivity index (χ4n) is 3.03. The van der Waals surface area contributed by atoms with Gasteiger partial charge in [-0.05, 0) is 55.0 Å². The molecule has 0 spiro atoms. The predicted octanol–water partition coefficient (Wildman–Crippen LogP) is 3.94. The second-order valence-electron chi connectivity index (χ2n) is 6.79. The first-order chi connectivity index (χ1) is 15.1. The smallest absolute Gasteiger partial charge is 0.191 e. The van der Waals surface area contributed by atoms with Gasteiger partial charge in [-0.2, -0.15) is 5.10 Å². The standard InChI is InChI=1S/C23H28FN5O2.HI/c1-4-25-23(27-16-17-5-10-21(30-2)22(15-17)31-3)26-13-11-19-12-14-29(28-19)20-8-6-18(24)7-9-20;/h5-10,12,14-15H,4,11,13,16H2,1-3H3,(H2,25,26,27);1H. The van der Waals surface area contributed by atoms with Crippen LogP contribution in [0.2, 0.25) is 0 Å². The number of halogens is 2. The number of aromatic nitrogens is 2. The van der Waals surface area contributed by atoms with Gasteiger partial charge < -0.3 is 20.1 Å². The van der Waals surface area contributed by atoms with E-state index in [0.717, 1.165) is 35.9 Å². The minimum atomic E-state index is -0.261. The van der Waals surface area contributed by atoms with Crippen molar-refractivity contribution >= 4 is 29.9 Å². The Balaban J connectivity index is 0.00000363. The normalized spacial score (nSPS) is 10.9. The van der Waals surface area contributed by atoms with E-state index in [1.165, 1.54) is 12.1 Å². The third kappa shape index (κ3) is 7.11. The summed E-state index contributed by atoms with van der Waals surface area (Å²) in [5.74, 6) is 1.85. The van der Waals surface area contributed by atoms with Gasteiger partial charge in [0.05, 0.1) is 32.1 Å². The van der Waals surface area contributed by atoms with Crippen LogP contribution < -0.4 is 20.1 Å². The van der Waals surface area contributed by atoms with Gasteiger partial charge in [0.25, 0.3) is 0 Å². The van der Waals surface area contributed by atoms with Crippen LogP contribution in [0.5, 0.6) is 11.5 Å². The van der Waals surface area contributed by atoms with Gasteiger partial charge in [-0.25, -0.2) is 14.1 Å². The van der Waals surface area contributed by atoms with Gasteiger partial charge in [-0.1, -0.05) is 6.07 Å². The van der Waals surface area contributed by atoms with Crippen molar-refractivity contribution in [3.63, 3.8) is 0 Å². The molecule has 0 aliphatic heterocycles. The first-order valence-corrected chi connectivity index (χ1v) is 10.2. The highest BCUT2D eigenvalue weighted by molar-refractivity contribution is 14.0. The predicted molar refractivity (Wildman–Crippen MR) is 135 cm³/mol. The van der Waals surface area contributed by atoms with E-state index < -0.39 is 0 Å². The highest BCUT2D eigenvalue weighted by Crippen LogP contribution is 2.27. The molecular weight excluding hydrogens is 524 g/mol. The largest absolute Gasteiger partial charge is 0.493 e. The molecule has 7 nitrogen and oxygen atoms in total. The number of nitrogens with one attached hydrogen (secondary N) is 2. The average Bonchev–Trinajstić information content (AvgIpc) is 3.26. The summed E-state index contributed by atoms with van der Waals surface area (Å²) in [6.45, 7) is 3.97. The Morgan fingerprint density at radius 1 is 1.03 bits per heavy atom. The molecular formula is C23H29FIN5O2. The number of guanidine groups is 1. The zero-order valence-electron chi connectivity index (χ0n) is 18.5. The lowest BCUT2D eigenvalue weighted by atomic mass is 10.2. The number of ether oxygens (including phenoxy) is 2. The van der Waals surface area contributed by atoms with Gasteiger partial charge >= 0.3 is 0 Å². The number of hydrogen-bond donors (Lipinski definition) is 2. The topological polar surface area (TPSA) is 72.7 Å². The summed E-state index contributed by atoms with van der Waals surface area (Å²) in [7, 11) is 3.24. The molecule has 172 valence electrons. The Hall–Kier alpha value is -2.82. The average molecular weight is 553 g/mol. The molecule has 0 atom stereocenters. The lowest BCUT2D eigenvalue weighted by molar-refractivity contribution is 0.354. The Bertz CT molecular complexity index is 1010. The quantitative estimate of drug-likeness (QED) is 0.239. The molecule has 1 heterocycles. The van der Waals surface area contributed by atoms with E-state index in [1.807, 2.05) is 37.4 Å². The number of nitrogens with zero attached hydrogens (tertiary/aromatic N) is 3. The molecule has 0 unspecified atom stereocenters. The zero-order valence-corrected chi connectivity index (χ0v) is 20.8. The fourth-order valence-corrected chi connectivity index (χ4v) is 3.03. The Morgan fingerprint density at radius 2 is 1.78 bits per heavy atom.